The summed E-state index contributed by atoms with van der Waals surface area (Å²) in [4.78, 5) is 16.8. The van der Waals surface area contributed by atoms with Crippen LogP contribution in [0.1, 0.15) is 5.56 Å². The SMILES string of the molecule is COc1cccc(CN2CCN(C(=O)COc3ccc4ccccc4c3)CC2)c1OC. The van der Waals surface area contributed by atoms with E-state index in [0.717, 1.165) is 53.2 Å². The summed E-state index contributed by atoms with van der Waals surface area (Å²) in [6.45, 7) is 3.81. The Hall–Kier alpha value is -3.25. The minimum absolute atomic E-state index is 0.0202. The molecule has 3 aromatic rings. The van der Waals surface area contributed by atoms with Crippen LogP contribution in [0.3, 0.4) is 0 Å². The third-order valence-corrected chi connectivity index (χ3v) is 5.69. The molecule has 0 radical (unpaired) electrons. The average molecular weight is 421 g/mol. The van der Waals surface area contributed by atoms with Crippen LogP contribution < -0.4 is 14.2 Å². The summed E-state index contributed by atoms with van der Waals surface area (Å²) >= 11 is 0. The lowest BCUT2D eigenvalue weighted by atomic mass is 10.1. The first-order valence-electron chi connectivity index (χ1n) is 10.5. The minimum atomic E-state index is 0.0202. The van der Waals surface area contributed by atoms with Crippen molar-refractivity contribution in [2.45, 2.75) is 6.54 Å². The highest BCUT2D eigenvalue weighted by Crippen LogP contribution is 2.31. The molecule has 31 heavy (non-hydrogen) atoms. The molecule has 4 rings (SSSR count). The number of para-hydroxylation sites is 1. The molecule has 3 aromatic carbocycles. The number of amides is 1. The van der Waals surface area contributed by atoms with Gasteiger partial charge in [-0.15, -0.1) is 0 Å². The van der Waals surface area contributed by atoms with Crippen molar-refractivity contribution in [2.75, 3.05) is 47.0 Å². The highest BCUT2D eigenvalue weighted by molar-refractivity contribution is 5.84. The van der Waals surface area contributed by atoms with E-state index in [-0.39, 0.29) is 12.5 Å². The van der Waals surface area contributed by atoms with Gasteiger partial charge in [-0.05, 0) is 29.0 Å². The largest absolute Gasteiger partial charge is 0.493 e. The van der Waals surface area contributed by atoms with Gasteiger partial charge in [0.15, 0.2) is 18.1 Å². The fourth-order valence-electron chi connectivity index (χ4n) is 3.97. The summed E-state index contributed by atoms with van der Waals surface area (Å²) < 4.78 is 16.7. The molecule has 1 aliphatic heterocycles. The monoisotopic (exact) mass is 420 g/mol. The molecule has 0 spiro atoms. The van der Waals surface area contributed by atoms with E-state index < -0.39 is 0 Å². The molecule has 0 N–H and O–H groups in total. The van der Waals surface area contributed by atoms with Crippen LogP contribution in [0, 0.1) is 0 Å². The van der Waals surface area contributed by atoms with Crippen molar-refractivity contribution < 1.29 is 19.0 Å². The quantitative estimate of drug-likeness (QED) is 0.585. The maximum absolute atomic E-state index is 12.6. The van der Waals surface area contributed by atoms with Crippen LogP contribution in [0.4, 0.5) is 0 Å². The van der Waals surface area contributed by atoms with E-state index >= 15 is 0 Å². The van der Waals surface area contributed by atoms with E-state index in [9.17, 15) is 4.79 Å². The van der Waals surface area contributed by atoms with Crippen molar-refractivity contribution in [3.05, 3.63) is 66.2 Å². The smallest absolute Gasteiger partial charge is 0.260 e. The average Bonchev–Trinajstić information content (AvgIpc) is 2.82. The van der Waals surface area contributed by atoms with Gasteiger partial charge in [0.1, 0.15) is 5.75 Å². The Morgan fingerprint density at radius 2 is 1.65 bits per heavy atom. The molecule has 0 aliphatic carbocycles. The second kappa shape index (κ2) is 9.71. The minimum Gasteiger partial charge on any atom is -0.493 e. The van der Waals surface area contributed by atoms with Crippen molar-refractivity contribution in [3.8, 4) is 17.2 Å². The van der Waals surface area contributed by atoms with Crippen molar-refractivity contribution in [3.63, 3.8) is 0 Å². The first-order chi connectivity index (χ1) is 15.2. The highest BCUT2D eigenvalue weighted by Gasteiger charge is 2.22. The van der Waals surface area contributed by atoms with E-state index in [0.29, 0.717) is 13.1 Å². The van der Waals surface area contributed by atoms with Gasteiger partial charge in [0.05, 0.1) is 14.2 Å². The van der Waals surface area contributed by atoms with Crippen molar-refractivity contribution in [1.29, 1.82) is 0 Å². The highest BCUT2D eigenvalue weighted by atomic mass is 16.5. The Morgan fingerprint density at radius 3 is 2.39 bits per heavy atom. The topological polar surface area (TPSA) is 51.2 Å². The second-order valence-corrected chi connectivity index (χ2v) is 7.61. The molecule has 1 heterocycles. The first-order valence-corrected chi connectivity index (χ1v) is 10.5. The number of ether oxygens (including phenoxy) is 3. The van der Waals surface area contributed by atoms with Crippen LogP contribution in [-0.2, 0) is 11.3 Å². The molecule has 1 amide bonds. The third-order valence-electron chi connectivity index (χ3n) is 5.69. The number of hydrogen-bond donors (Lipinski definition) is 0. The standard InChI is InChI=1S/C25H28N2O4/c1-29-23-9-5-8-21(25(23)30-2)17-26-12-14-27(15-13-26)24(28)18-31-22-11-10-19-6-3-4-7-20(19)16-22/h3-11,16H,12-15,17-18H2,1-2H3. The van der Waals surface area contributed by atoms with Crippen LogP contribution in [0.25, 0.3) is 10.8 Å². The Morgan fingerprint density at radius 1 is 0.871 bits per heavy atom. The van der Waals surface area contributed by atoms with Gasteiger partial charge in [0, 0.05) is 38.3 Å². The van der Waals surface area contributed by atoms with Gasteiger partial charge < -0.3 is 19.1 Å². The van der Waals surface area contributed by atoms with Crippen LogP contribution in [0.5, 0.6) is 17.2 Å². The first kappa shape index (κ1) is 21.0. The Labute approximate surface area is 182 Å². The number of nitrogens with zero attached hydrogens (tertiary/aromatic N) is 2. The summed E-state index contributed by atoms with van der Waals surface area (Å²) in [6.07, 6.45) is 0. The zero-order valence-electron chi connectivity index (χ0n) is 18.0. The summed E-state index contributed by atoms with van der Waals surface area (Å²) in [5.74, 6) is 2.24. The van der Waals surface area contributed by atoms with E-state index in [2.05, 4.69) is 17.0 Å². The molecule has 0 unspecified atom stereocenters. The number of benzene rings is 3. The molecular weight excluding hydrogens is 392 g/mol. The Bertz CT molecular complexity index is 1040. The van der Waals surface area contributed by atoms with E-state index in [1.807, 2.05) is 53.4 Å². The third kappa shape index (κ3) is 4.91. The fourth-order valence-corrected chi connectivity index (χ4v) is 3.97. The molecule has 162 valence electrons. The number of rotatable bonds is 7. The van der Waals surface area contributed by atoms with Crippen molar-refractivity contribution in [2.24, 2.45) is 0 Å². The summed E-state index contributed by atoms with van der Waals surface area (Å²) in [5.41, 5.74) is 1.08. The molecular formula is C25H28N2O4. The van der Waals surface area contributed by atoms with Crippen LogP contribution >= 0.6 is 0 Å². The van der Waals surface area contributed by atoms with E-state index in [4.69, 9.17) is 14.2 Å². The van der Waals surface area contributed by atoms with Crippen molar-refractivity contribution >= 4 is 16.7 Å². The molecule has 1 saturated heterocycles. The molecule has 1 aliphatic rings. The predicted molar refractivity (Wildman–Crippen MR) is 121 cm³/mol. The number of carbonyl (C=O) groups is 1. The Balaban J connectivity index is 1.29. The number of hydrogen-bond acceptors (Lipinski definition) is 5. The number of fused-ring (bicyclic) bond motifs is 1. The predicted octanol–water partition coefficient (Wildman–Crippen LogP) is 3.58. The van der Waals surface area contributed by atoms with Crippen LogP contribution in [-0.4, -0.2) is 62.7 Å². The van der Waals surface area contributed by atoms with Gasteiger partial charge in [-0.25, -0.2) is 0 Å². The maximum atomic E-state index is 12.6. The fraction of sp³-hybridized carbons (Fsp3) is 0.320. The summed E-state index contributed by atoms with van der Waals surface area (Å²) in [6, 6.07) is 19.9. The number of carbonyl (C=O) groups excluding carboxylic acids is 1. The number of piperazine rings is 1. The molecule has 0 bridgehead atoms. The van der Waals surface area contributed by atoms with E-state index in [1.54, 1.807) is 14.2 Å². The molecule has 6 heteroatoms. The van der Waals surface area contributed by atoms with Gasteiger partial charge >= 0.3 is 0 Å². The summed E-state index contributed by atoms with van der Waals surface area (Å²) in [7, 11) is 3.31. The number of methoxy groups -OCH3 is 2. The lowest BCUT2D eigenvalue weighted by Gasteiger charge is -2.35. The van der Waals surface area contributed by atoms with Crippen LogP contribution in [0.2, 0.25) is 0 Å². The van der Waals surface area contributed by atoms with Gasteiger partial charge in [-0.2, -0.15) is 0 Å². The molecule has 0 atom stereocenters. The van der Waals surface area contributed by atoms with Gasteiger partial charge in [-0.3, -0.25) is 9.69 Å². The lowest BCUT2D eigenvalue weighted by molar-refractivity contribution is -0.135. The van der Waals surface area contributed by atoms with Gasteiger partial charge in [-0.1, -0.05) is 42.5 Å². The summed E-state index contributed by atoms with van der Waals surface area (Å²) in [5, 5.41) is 2.26. The Kier molecular flexibility index (Phi) is 6.57. The normalized spacial score (nSPS) is 14.5. The second-order valence-electron chi connectivity index (χ2n) is 7.61. The lowest BCUT2D eigenvalue weighted by Crippen LogP contribution is -2.49. The zero-order valence-corrected chi connectivity index (χ0v) is 18.0. The molecule has 0 saturated carbocycles. The molecule has 1 fully saturated rings. The van der Waals surface area contributed by atoms with Crippen LogP contribution in [0.15, 0.2) is 60.7 Å². The van der Waals surface area contributed by atoms with E-state index in [1.165, 1.54) is 0 Å². The van der Waals surface area contributed by atoms with Gasteiger partial charge in [0.25, 0.3) is 5.91 Å². The zero-order chi connectivity index (χ0) is 21.6. The van der Waals surface area contributed by atoms with Gasteiger partial charge in [0.2, 0.25) is 0 Å². The molecule has 0 aromatic heterocycles. The maximum Gasteiger partial charge on any atom is 0.260 e. The van der Waals surface area contributed by atoms with Crippen molar-refractivity contribution in [1.82, 2.24) is 9.80 Å². The molecule has 6 nitrogen and oxygen atoms in total.